The first-order chi connectivity index (χ1) is 9.49. The lowest BCUT2D eigenvalue weighted by Gasteiger charge is -2.11. The molecule has 0 aliphatic rings. The molecule has 0 saturated carbocycles. The molecular weight excluding hydrogens is 318 g/mol. The van der Waals surface area contributed by atoms with Crippen LogP contribution in [0, 0.1) is 5.92 Å². The van der Waals surface area contributed by atoms with Crippen LogP contribution in [0.15, 0.2) is 22.7 Å². The van der Waals surface area contributed by atoms with Gasteiger partial charge in [0, 0.05) is 12.6 Å². The molecule has 1 unspecified atom stereocenters. The molecule has 0 bridgehead atoms. The summed E-state index contributed by atoms with van der Waals surface area (Å²) in [4.78, 5) is 0. The maximum Gasteiger partial charge on any atom is 0.133 e. The molecule has 1 aromatic rings. The molecule has 0 fully saturated rings. The largest absolute Gasteiger partial charge is 0.490 e. The summed E-state index contributed by atoms with van der Waals surface area (Å²) < 4.78 is 12.2. The molecule has 3 nitrogen and oxygen atoms in total. The molecule has 114 valence electrons. The van der Waals surface area contributed by atoms with E-state index in [-0.39, 0.29) is 6.04 Å². The number of hydrogen-bond donors (Lipinski definition) is 1. The SMILES string of the molecule is CC(C)CCOCCOc1ccc(CC(C)N)cc1Br. The Hall–Kier alpha value is -0.580. The summed E-state index contributed by atoms with van der Waals surface area (Å²) in [5.41, 5.74) is 7.01. The van der Waals surface area contributed by atoms with Gasteiger partial charge in [-0.2, -0.15) is 0 Å². The zero-order valence-corrected chi connectivity index (χ0v) is 14.3. The van der Waals surface area contributed by atoms with Gasteiger partial charge in [0.05, 0.1) is 11.1 Å². The fourth-order valence-corrected chi connectivity index (χ4v) is 2.33. The van der Waals surface area contributed by atoms with Gasteiger partial charge in [-0.3, -0.25) is 0 Å². The Balaban J connectivity index is 2.30. The van der Waals surface area contributed by atoms with Crippen LogP contribution in [0.2, 0.25) is 0 Å². The molecule has 1 aromatic carbocycles. The molecule has 0 aromatic heterocycles. The monoisotopic (exact) mass is 343 g/mol. The quantitative estimate of drug-likeness (QED) is 0.694. The fourth-order valence-electron chi connectivity index (χ4n) is 1.79. The van der Waals surface area contributed by atoms with E-state index in [4.69, 9.17) is 15.2 Å². The standard InChI is InChI=1S/C16H26BrNO2/c1-12(2)6-7-19-8-9-20-16-5-4-14(10-13(3)18)11-15(16)17/h4-5,11-13H,6-10,18H2,1-3H3. The highest BCUT2D eigenvalue weighted by atomic mass is 79.9. The minimum atomic E-state index is 0.169. The number of halogens is 1. The van der Waals surface area contributed by atoms with Crippen molar-refractivity contribution in [3.63, 3.8) is 0 Å². The van der Waals surface area contributed by atoms with Crippen molar-refractivity contribution in [1.29, 1.82) is 0 Å². The van der Waals surface area contributed by atoms with E-state index < -0.39 is 0 Å². The first kappa shape index (κ1) is 17.5. The Kier molecular flexibility index (Phi) is 8.19. The third-order valence-corrected chi connectivity index (χ3v) is 3.50. The summed E-state index contributed by atoms with van der Waals surface area (Å²) in [6.45, 7) is 8.40. The normalized spacial score (nSPS) is 12.7. The summed E-state index contributed by atoms with van der Waals surface area (Å²) in [6.07, 6.45) is 1.97. The van der Waals surface area contributed by atoms with E-state index in [0.29, 0.717) is 19.1 Å². The van der Waals surface area contributed by atoms with Gasteiger partial charge in [-0.1, -0.05) is 19.9 Å². The molecule has 0 aliphatic carbocycles. The van der Waals surface area contributed by atoms with Crippen molar-refractivity contribution in [2.24, 2.45) is 11.7 Å². The molecule has 0 saturated heterocycles. The van der Waals surface area contributed by atoms with Crippen molar-refractivity contribution in [2.75, 3.05) is 19.8 Å². The van der Waals surface area contributed by atoms with E-state index in [1.165, 1.54) is 5.56 Å². The van der Waals surface area contributed by atoms with E-state index in [9.17, 15) is 0 Å². The highest BCUT2D eigenvalue weighted by Crippen LogP contribution is 2.26. The van der Waals surface area contributed by atoms with Gasteiger partial charge in [-0.15, -0.1) is 0 Å². The van der Waals surface area contributed by atoms with E-state index in [1.54, 1.807) is 0 Å². The van der Waals surface area contributed by atoms with Gasteiger partial charge in [-0.05, 0) is 59.3 Å². The van der Waals surface area contributed by atoms with Crippen molar-refractivity contribution in [1.82, 2.24) is 0 Å². The Morgan fingerprint density at radius 1 is 1.15 bits per heavy atom. The molecule has 1 atom stereocenters. The minimum Gasteiger partial charge on any atom is -0.490 e. The first-order valence-corrected chi connectivity index (χ1v) is 8.03. The second kappa shape index (κ2) is 9.37. The van der Waals surface area contributed by atoms with Crippen LogP contribution in [0.5, 0.6) is 5.75 Å². The van der Waals surface area contributed by atoms with E-state index in [2.05, 4.69) is 41.9 Å². The highest BCUT2D eigenvalue weighted by molar-refractivity contribution is 9.10. The molecule has 4 heteroatoms. The summed E-state index contributed by atoms with van der Waals surface area (Å²) in [5.74, 6) is 1.54. The van der Waals surface area contributed by atoms with Gasteiger partial charge in [0.25, 0.3) is 0 Å². The van der Waals surface area contributed by atoms with Crippen LogP contribution < -0.4 is 10.5 Å². The predicted octanol–water partition coefficient (Wildman–Crippen LogP) is 3.78. The fraction of sp³-hybridized carbons (Fsp3) is 0.625. The minimum absolute atomic E-state index is 0.169. The second-order valence-corrected chi connectivity index (χ2v) is 6.44. The first-order valence-electron chi connectivity index (χ1n) is 7.23. The van der Waals surface area contributed by atoms with Gasteiger partial charge in [0.15, 0.2) is 0 Å². The molecule has 1 rings (SSSR count). The van der Waals surface area contributed by atoms with Crippen LogP contribution in [-0.2, 0) is 11.2 Å². The van der Waals surface area contributed by atoms with Crippen LogP contribution >= 0.6 is 15.9 Å². The lowest BCUT2D eigenvalue weighted by Crippen LogP contribution is -2.17. The zero-order chi connectivity index (χ0) is 15.0. The number of rotatable bonds is 9. The molecule has 0 aliphatic heterocycles. The van der Waals surface area contributed by atoms with Crippen molar-refractivity contribution < 1.29 is 9.47 Å². The Labute approximate surface area is 131 Å². The number of nitrogens with two attached hydrogens (primary N) is 1. The number of benzene rings is 1. The molecular formula is C16H26BrNO2. The molecule has 0 heterocycles. The van der Waals surface area contributed by atoms with Crippen LogP contribution in [0.3, 0.4) is 0 Å². The Morgan fingerprint density at radius 2 is 1.90 bits per heavy atom. The molecule has 20 heavy (non-hydrogen) atoms. The van der Waals surface area contributed by atoms with E-state index in [1.807, 2.05) is 13.0 Å². The summed E-state index contributed by atoms with van der Waals surface area (Å²) in [5, 5.41) is 0. The predicted molar refractivity (Wildman–Crippen MR) is 87.3 cm³/mol. The summed E-state index contributed by atoms with van der Waals surface area (Å²) in [6, 6.07) is 6.28. The zero-order valence-electron chi connectivity index (χ0n) is 12.7. The summed E-state index contributed by atoms with van der Waals surface area (Å²) in [7, 11) is 0. The number of hydrogen-bond acceptors (Lipinski definition) is 3. The van der Waals surface area contributed by atoms with Gasteiger partial charge in [0.2, 0.25) is 0 Å². The Bertz CT molecular complexity index is 394. The van der Waals surface area contributed by atoms with Gasteiger partial charge >= 0.3 is 0 Å². The van der Waals surface area contributed by atoms with E-state index >= 15 is 0 Å². The average molecular weight is 344 g/mol. The third kappa shape index (κ3) is 7.27. The lowest BCUT2D eigenvalue weighted by molar-refractivity contribution is 0.0923. The smallest absolute Gasteiger partial charge is 0.133 e. The van der Waals surface area contributed by atoms with Gasteiger partial charge in [0.1, 0.15) is 12.4 Å². The van der Waals surface area contributed by atoms with Crippen molar-refractivity contribution >= 4 is 15.9 Å². The highest BCUT2D eigenvalue weighted by Gasteiger charge is 2.04. The maximum absolute atomic E-state index is 5.80. The summed E-state index contributed by atoms with van der Waals surface area (Å²) >= 11 is 3.53. The third-order valence-electron chi connectivity index (χ3n) is 2.88. The second-order valence-electron chi connectivity index (χ2n) is 5.59. The van der Waals surface area contributed by atoms with Crippen molar-refractivity contribution in [2.45, 2.75) is 39.7 Å². The van der Waals surface area contributed by atoms with Crippen molar-refractivity contribution in [3.8, 4) is 5.75 Å². The van der Waals surface area contributed by atoms with Crippen LogP contribution in [0.4, 0.5) is 0 Å². The van der Waals surface area contributed by atoms with Crippen LogP contribution in [0.1, 0.15) is 32.8 Å². The Morgan fingerprint density at radius 3 is 2.50 bits per heavy atom. The number of ether oxygens (including phenoxy) is 2. The maximum atomic E-state index is 5.80. The molecule has 2 N–H and O–H groups in total. The topological polar surface area (TPSA) is 44.5 Å². The van der Waals surface area contributed by atoms with E-state index in [0.717, 1.165) is 29.7 Å². The van der Waals surface area contributed by atoms with Crippen LogP contribution in [-0.4, -0.2) is 25.9 Å². The van der Waals surface area contributed by atoms with Crippen molar-refractivity contribution in [3.05, 3.63) is 28.2 Å². The molecule has 0 radical (unpaired) electrons. The van der Waals surface area contributed by atoms with Crippen LogP contribution in [0.25, 0.3) is 0 Å². The van der Waals surface area contributed by atoms with Gasteiger partial charge in [-0.25, -0.2) is 0 Å². The molecule has 0 amide bonds. The average Bonchev–Trinajstić information content (AvgIpc) is 2.34. The molecule has 0 spiro atoms. The van der Waals surface area contributed by atoms with Gasteiger partial charge < -0.3 is 15.2 Å². The lowest BCUT2D eigenvalue weighted by atomic mass is 10.1.